The van der Waals surface area contributed by atoms with E-state index in [4.69, 9.17) is 9.47 Å². The van der Waals surface area contributed by atoms with Crippen LogP contribution in [-0.2, 0) is 9.47 Å². The van der Waals surface area contributed by atoms with E-state index in [9.17, 15) is 4.79 Å². The fraction of sp³-hybridized carbons (Fsp3) is 0.765. The zero-order chi connectivity index (χ0) is 16.6. The molecule has 1 amide bonds. The molecule has 0 spiro atoms. The zero-order valence-electron chi connectivity index (χ0n) is 14.4. The molecule has 0 atom stereocenters. The lowest BCUT2D eigenvalue weighted by Crippen LogP contribution is -2.41. The molecule has 2 aliphatic rings. The molecule has 128 valence electrons. The maximum Gasteiger partial charge on any atom is 0.410 e. The molecular weight excluding hydrogens is 312 g/mol. The number of hydrogen-bond acceptors (Lipinski definition) is 5. The van der Waals surface area contributed by atoms with Crippen LogP contribution in [0.4, 0.5) is 4.79 Å². The Labute approximate surface area is 142 Å². The van der Waals surface area contributed by atoms with Gasteiger partial charge in [0.25, 0.3) is 0 Å². The van der Waals surface area contributed by atoms with Gasteiger partial charge in [-0.1, -0.05) is 0 Å². The minimum Gasteiger partial charge on any atom is -0.444 e. The summed E-state index contributed by atoms with van der Waals surface area (Å²) < 4.78 is 15.5. The molecule has 1 aromatic rings. The van der Waals surface area contributed by atoms with Gasteiger partial charge in [-0.05, 0) is 63.6 Å². The fourth-order valence-corrected chi connectivity index (χ4v) is 4.11. The monoisotopic (exact) mass is 338 g/mol. The van der Waals surface area contributed by atoms with Crippen molar-refractivity contribution in [2.75, 3.05) is 26.3 Å². The highest BCUT2D eigenvalue weighted by molar-refractivity contribution is 7.05. The van der Waals surface area contributed by atoms with Crippen molar-refractivity contribution in [2.45, 2.75) is 58.0 Å². The molecule has 0 unspecified atom stereocenters. The summed E-state index contributed by atoms with van der Waals surface area (Å²) in [5.74, 6) is 0.974. The summed E-state index contributed by atoms with van der Waals surface area (Å²) in [6, 6.07) is 0. The Morgan fingerprint density at radius 3 is 2.43 bits per heavy atom. The van der Waals surface area contributed by atoms with Gasteiger partial charge in [0.2, 0.25) is 0 Å². The van der Waals surface area contributed by atoms with Gasteiger partial charge in [0.05, 0.1) is 18.9 Å². The SMILES string of the molecule is Cc1snc(C2COC2)c1C1CCN(C(=O)OC(C)(C)C)CC1. The molecule has 1 aromatic heterocycles. The van der Waals surface area contributed by atoms with Crippen molar-refractivity contribution in [2.24, 2.45) is 0 Å². The quantitative estimate of drug-likeness (QED) is 0.825. The number of amides is 1. The highest BCUT2D eigenvalue weighted by Crippen LogP contribution is 2.39. The van der Waals surface area contributed by atoms with Crippen LogP contribution in [0.15, 0.2) is 0 Å². The van der Waals surface area contributed by atoms with Crippen molar-refractivity contribution in [3.63, 3.8) is 0 Å². The van der Waals surface area contributed by atoms with Crippen LogP contribution in [0.3, 0.4) is 0 Å². The number of aryl methyl sites for hydroxylation is 1. The number of likely N-dealkylation sites (tertiary alicyclic amines) is 1. The number of hydrogen-bond donors (Lipinski definition) is 0. The van der Waals surface area contributed by atoms with Gasteiger partial charge in [0.15, 0.2) is 0 Å². The highest BCUT2D eigenvalue weighted by atomic mass is 32.1. The number of carbonyl (C=O) groups is 1. The molecule has 23 heavy (non-hydrogen) atoms. The van der Waals surface area contributed by atoms with Crippen molar-refractivity contribution in [1.82, 2.24) is 9.27 Å². The highest BCUT2D eigenvalue weighted by Gasteiger charge is 2.33. The Bertz CT molecular complexity index is 567. The van der Waals surface area contributed by atoms with Crippen molar-refractivity contribution in [3.05, 3.63) is 16.1 Å². The standard InChI is InChI=1S/C17H26N2O3S/c1-11-14(15(18-23-11)13-9-21-10-13)12-5-7-19(8-6-12)16(20)22-17(2,3)4/h12-13H,5-10H2,1-4H3. The van der Waals surface area contributed by atoms with E-state index < -0.39 is 5.60 Å². The number of rotatable bonds is 2. The first kappa shape index (κ1) is 16.7. The van der Waals surface area contributed by atoms with E-state index in [1.165, 1.54) is 16.1 Å². The molecule has 0 bridgehead atoms. The molecule has 2 fully saturated rings. The summed E-state index contributed by atoms with van der Waals surface area (Å²) in [6.07, 6.45) is 1.78. The second-order valence-corrected chi connectivity index (χ2v) is 8.49. The van der Waals surface area contributed by atoms with Crippen molar-refractivity contribution in [3.8, 4) is 0 Å². The minimum atomic E-state index is -0.431. The van der Waals surface area contributed by atoms with Gasteiger partial charge in [-0.3, -0.25) is 0 Å². The molecule has 6 heteroatoms. The number of ether oxygens (including phenoxy) is 2. The largest absolute Gasteiger partial charge is 0.444 e. The zero-order valence-corrected chi connectivity index (χ0v) is 15.2. The van der Waals surface area contributed by atoms with E-state index in [0.29, 0.717) is 11.8 Å². The number of carbonyl (C=O) groups excluding carboxylic acids is 1. The van der Waals surface area contributed by atoms with Gasteiger partial charge in [-0.15, -0.1) is 0 Å². The van der Waals surface area contributed by atoms with E-state index in [2.05, 4.69) is 11.3 Å². The summed E-state index contributed by atoms with van der Waals surface area (Å²) in [5, 5.41) is 0. The second-order valence-electron chi connectivity index (χ2n) is 7.51. The number of piperidine rings is 1. The first-order valence-electron chi connectivity index (χ1n) is 8.37. The molecule has 0 aromatic carbocycles. The molecule has 0 N–H and O–H groups in total. The van der Waals surface area contributed by atoms with Gasteiger partial charge in [0, 0.05) is 23.9 Å². The third kappa shape index (κ3) is 3.69. The van der Waals surface area contributed by atoms with Gasteiger partial charge in [0.1, 0.15) is 5.60 Å². The third-order valence-corrected chi connectivity index (χ3v) is 5.30. The predicted molar refractivity (Wildman–Crippen MR) is 90.2 cm³/mol. The molecule has 2 saturated heterocycles. The van der Waals surface area contributed by atoms with Gasteiger partial charge in [-0.2, -0.15) is 4.37 Å². The van der Waals surface area contributed by atoms with Crippen molar-refractivity contribution >= 4 is 17.6 Å². The average Bonchev–Trinajstić information content (AvgIpc) is 2.77. The molecule has 5 nitrogen and oxygen atoms in total. The minimum absolute atomic E-state index is 0.191. The van der Waals surface area contributed by atoms with Crippen LogP contribution in [0.25, 0.3) is 0 Å². The van der Waals surface area contributed by atoms with Crippen LogP contribution in [0.2, 0.25) is 0 Å². The van der Waals surface area contributed by atoms with E-state index in [1.54, 1.807) is 11.5 Å². The molecule has 0 aliphatic carbocycles. The topological polar surface area (TPSA) is 51.7 Å². The molecule has 3 heterocycles. The Morgan fingerprint density at radius 2 is 1.91 bits per heavy atom. The fourth-order valence-electron chi connectivity index (χ4n) is 3.26. The Hall–Kier alpha value is -1.14. The molecule has 2 aliphatic heterocycles. The van der Waals surface area contributed by atoms with Crippen molar-refractivity contribution in [1.29, 1.82) is 0 Å². The summed E-state index contributed by atoms with van der Waals surface area (Å²) in [7, 11) is 0. The second kappa shape index (κ2) is 6.40. The molecule has 0 radical (unpaired) electrons. The van der Waals surface area contributed by atoms with E-state index in [0.717, 1.165) is 39.1 Å². The summed E-state index contributed by atoms with van der Waals surface area (Å²) in [5.41, 5.74) is 2.24. The van der Waals surface area contributed by atoms with Crippen LogP contribution in [0.5, 0.6) is 0 Å². The van der Waals surface area contributed by atoms with Gasteiger partial charge < -0.3 is 14.4 Å². The summed E-state index contributed by atoms with van der Waals surface area (Å²) in [6.45, 7) is 11.0. The first-order chi connectivity index (χ1) is 10.8. The smallest absolute Gasteiger partial charge is 0.410 e. The lowest BCUT2D eigenvalue weighted by atomic mass is 9.85. The summed E-state index contributed by atoms with van der Waals surface area (Å²) >= 11 is 1.61. The van der Waals surface area contributed by atoms with E-state index in [-0.39, 0.29) is 6.09 Å². The lowest BCUT2D eigenvalue weighted by molar-refractivity contribution is 0.00627. The Morgan fingerprint density at radius 1 is 1.26 bits per heavy atom. The number of aromatic nitrogens is 1. The third-order valence-electron chi connectivity index (χ3n) is 4.52. The molecule has 0 saturated carbocycles. The summed E-state index contributed by atoms with van der Waals surface area (Å²) in [4.78, 5) is 15.3. The van der Waals surface area contributed by atoms with Crippen LogP contribution >= 0.6 is 11.5 Å². The normalized spacial score (nSPS) is 20.4. The maximum atomic E-state index is 12.2. The van der Waals surface area contributed by atoms with Crippen LogP contribution in [0, 0.1) is 6.92 Å². The molecule has 3 rings (SSSR count). The maximum absolute atomic E-state index is 12.2. The average molecular weight is 338 g/mol. The van der Waals surface area contributed by atoms with Crippen LogP contribution in [0.1, 0.15) is 61.6 Å². The lowest BCUT2D eigenvalue weighted by Gasteiger charge is -2.34. The molecular formula is C17H26N2O3S. The Kier molecular flexibility index (Phi) is 4.65. The van der Waals surface area contributed by atoms with Crippen LogP contribution < -0.4 is 0 Å². The Balaban J connectivity index is 1.63. The predicted octanol–water partition coefficient (Wildman–Crippen LogP) is 3.68. The van der Waals surface area contributed by atoms with Crippen LogP contribution in [-0.4, -0.2) is 47.3 Å². The van der Waals surface area contributed by atoms with Gasteiger partial charge in [-0.25, -0.2) is 4.79 Å². The van der Waals surface area contributed by atoms with Crippen molar-refractivity contribution < 1.29 is 14.3 Å². The number of nitrogens with zero attached hydrogens (tertiary/aromatic N) is 2. The van der Waals surface area contributed by atoms with E-state index in [1.807, 2.05) is 25.7 Å². The van der Waals surface area contributed by atoms with E-state index >= 15 is 0 Å². The van der Waals surface area contributed by atoms with Gasteiger partial charge >= 0.3 is 6.09 Å². The first-order valence-corrected chi connectivity index (χ1v) is 9.14.